The van der Waals surface area contributed by atoms with Crippen molar-refractivity contribution in [2.45, 2.75) is 64.5 Å². The molecule has 0 spiro atoms. The number of rotatable bonds is 4. The molecule has 0 aliphatic heterocycles. The Morgan fingerprint density at radius 2 is 1.73 bits per heavy atom. The molecule has 2 N–H and O–H groups in total. The van der Waals surface area contributed by atoms with Crippen molar-refractivity contribution >= 4 is 0 Å². The van der Waals surface area contributed by atoms with Gasteiger partial charge in [0, 0.05) is 18.1 Å². The molecule has 2 nitrogen and oxygen atoms in total. The lowest BCUT2D eigenvalue weighted by Crippen LogP contribution is -2.44. The number of nitrogens with two attached hydrogens (primary N) is 1. The SMILES string of the molecule is CCC(C)(C)N(C)CC1CCC(N)CC1. The molecule has 2 heteroatoms. The van der Waals surface area contributed by atoms with E-state index in [0.717, 1.165) is 5.92 Å². The molecule has 0 aromatic rings. The molecule has 0 bridgehead atoms. The van der Waals surface area contributed by atoms with Gasteiger partial charge in [0.15, 0.2) is 0 Å². The van der Waals surface area contributed by atoms with Gasteiger partial charge in [-0.15, -0.1) is 0 Å². The first-order valence-corrected chi connectivity index (χ1v) is 6.42. The molecule has 0 saturated heterocycles. The predicted octanol–water partition coefficient (Wildman–Crippen LogP) is 2.62. The summed E-state index contributed by atoms with van der Waals surface area (Å²) in [5.74, 6) is 0.876. The van der Waals surface area contributed by atoms with Crippen molar-refractivity contribution in [3.8, 4) is 0 Å². The molecular formula is C13H28N2. The van der Waals surface area contributed by atoms with E-state index in [1.807, 2.05) is 0 Å². The summed E-state index contributed by atoms with van der Waals surface area (Å²) in [7, 11) is 2.26. The molecule has 0 radical (unpaired) electrons. The summed E-state index contributed by atoms with van der Waals surface area (Å²) in [5, 5.41) is 0. The van der Waals surface area contributed by atoms with Crippen LogP contribution in [0.25, 0.3) is 0 Å². The van der Waals surface area contributed by atoms with Crippen molar-refractivity contribution in [3.05, 3.63) is 0 Å². The lowest BCUT2D eigenvalue weighted by molar-refractivity contribution is 0.113. The van der Waals surface area contributed by atoms with E-state index in [1.165, 1.54) is 38.6 Å². The minimum Gasteiger partial charge on any atom is -0.328 e. The Morgan fingerprint density at radius 1 is 1.20 bits per heavy atom. The highest BCUT2D eigenvalue weighted by Crippen LogP contribution is 2.26. The van der Waals surface area contributed by atoms with Crippen LogP contribution >= 0.6 is 0 Å². The Kier molecular flexibility index (Phi) is 4.60. The molecule has 15 heavy (non-hydrogen) atoms. The maximum atomic E-state index is 5.93. The van der Waals surface area contributed by atoms with Crippen LogP contribution in [0.4, 0.5) is 0 Å². The maximum absolute atomic E-state index is 5.93. The van der Waals surface area contributed by atoms with Crippen molar-refractivity contribution in [1.29, 1.82) is 0 Å². The van der Waals surface area contributed by atoms with Gasteiger partial charge in [0.2, 0.25) is 0 Å². The topological polar surface area (TPSA) is 29.3 Å². The molecule has 0 amide bonds. The van der Waals surface area contributed by atoms with Gasteiger partial charge < -0.3 is 10.6 Å². The van der Waals surface area contributed by atoms with Crippen molar-refractivity contribution < 1.29 is 0 Å². The van der Waals surface area contributed by atoms with Crippen LogP contribution in [0.3, 0.4) is 0 Å². The van der Waals surface area contributed by atoms with Gasteiger partial charge in [-0.25, -0.2) is 0 Å². The second-order valence-corrected chi connectivity index (χ2v) is 5.83. The fraction of sp³-hybridized carbons (Fsp3) is 1.00. The summed E-state index contributed by atoms with van der Waals surface area (Å²) >= 11 is 0. The highest BCUT2D eigenvalue weighted by atomic mass is 15.2. The molecule has 1 rings (SSSR count). The molecule has 0 aromatic carbocycles. The Hall–Kier alpha value is -0.0800. The molecule has 1 fully saturated rings. The van der Waals surface area contributed by atoms with E-state index in [-0.39, 0.29) is 0 Å². The first kappa shape index (κ1) is 13.0. The molecule has 0 unspecified atom stereocenters. The van der Waals surface area contributed by atoms with Crippen molar-refractivity contribution in [1.82, 2.24) is 4.90 Å². The zero-order valence-electron chi connectivity index (χ0n) is 10.9. The molecule has 0 atom stereocenters. The van der Waals surface area contributed by atoms with Gasteiger partial charge in [-0.3, -0.25) is 0 Å². The van der Waals surface area contributed by atoms with Crippen molar-refractivity contribution in [2.24, 2.45) is 11.7 Å². The van der Waals surface area contributed by atoms with Gasteiger partial charge in [-0.1, -0.05) is 6.92 Å². The van der Waals surface area contributed by atoms with E-state index in [1.54, 1.807) is 0 Å². The summed E-state index contributed by atoms with van der Waals surface area (Å²) in [6, 6.07) is 0.478. The standard InChI is InChI=1S/C13H28N2/c1-5-13(2,3)15(4)10-11-6-8-12(14)9-7-11/h11-12H,5-10,14H2,1-4H3. The average molecular weight is 212 g/mol. The first-order valence-electron chi connectivity index (χ1n) is 6.42. The Morgan fingerprint density at radius 3 is 2.20 bits per heavy atom. The van der Waals surface area contributed by atoms with Crippen LogP contribution in [0, 0.1) is 5.92 Å². The van der Waals surface area contributed by atoms with Gasteiger partial charge in [-0.05, 0) is 58.9 Å². The van der Waals surface area contributed by atoms with Gasteiger partial charge in [0.05, 0.1) is 0 Å². The van der Waals surface area contributed by atoms with Crippen LogP contribution < -0.4 is 5.73 Å². The Bertz CT molecular complexity index is 181. The van der Waals surface area contributed by atoms with E-state index in [4.69, 9.17) is 5.73 Å². The first-order chi connectivity index (χ1) is 6.95. The second kappa shape index (κ2) is 5.31. The monoisotopic (exact) mass is 212 g/mol. The number of nitrogens with zero attached hydrogens (tertiary/aromatic N) is 1. The summed E-state index contributed by atoms with van der Waals surface area (Å²) in [6.45, 7) is 8.18. The number of hydrogen-bond donors (Lipinski definition) is 1. The van der Waals surface area contributed by atoms with Crippen LogP contribution in [0.5, 0.6) is 0 Å². The molecule has 1 saturated carbocycles. The third kappa shape index (κ3) is 3.76. The smallest absolute Gasteiger partial charge is 0.0147 e. The lowest BCUT2D eigenvalue weighted by atomic mass is 9.85. The van der Waals surface area contributed by atoms with E-state index < -0.39 is 0 Å². The number of hydrogen-bond acceptors (Lipinski definition) is 2. The lowest BCUT2D eigenvalue weighted by Gasteiger charge is -2.38. The molecule has 0 aromatic heterocycles. The summed E-state index contributed by atoms with van der Waals surface area (Å²) in [6.07, 6.45) is 6.32. The van der Waals surface area contributed by atoms with Crippen LogP contribution in [-0.2, 0) is 0 Å². The van der Waals surface area contributed by atoms with E-state index >= 15 is 0 Å². The predicted molar refractivity (Wildman–Crippen MR) is 66.9 cm³/mol. The van der Waals surface area contributed by atoms with Gasteiger partial charge in [-0.2, -0.15) is 0 Å². The third-order valence-corrected chi connectivity index (χ3v) is 4.32. The molecule has 0 heterocycles. The molecule has 1 aliphatic rings. The Balaban J connectivity index is 2.35. The van der Waals surface area contributed by atoms with E-state index in [0.29, 0.717) is 11.6 Å². The summed E-state index contributed by atoms with van der Waals surface area (Å²) in [4.78, 5) is 2.52. The summed E-state index contributed by atoms with van der Waals surface area (Å²) < 4.78 is 0. The average Bonchev–Trinajstić information content (AvgIpc) is 2.21. The quantitative estimate of drug-likeness (QED) is 0.776. The largest absolute Gasteiger partial charge is 0.328 e. The van der Waals surface area contributed by atoms with Crippen LogP contribution in [0.2, 0.25) is 0 Å². The van der Waals surface area contributed by atoms with Gasteiger partial charge in [0.1, 0.15) is 0 Å². The van der Waals surface area contributed by atoms with Gasteiger partial charge >= 0.3 is 0 Å². The maximum Gasteiger partial charge on any atom is 0.0147 e. The summed E-state index contributed by atoms with van der Waals surface area (Å²) in [5.41, 5.74) is 6.27. The van der Waals surface area contributed by atoms with Crippen LogP contribution in [0.1, 0.15) is 52.9 Å². The Labute approximate surface area is 95.2 Å². The molecular weight excluding hydrogens is 184 g/mol. The third-order valence-electron chi connectivity index (χ3n) is 4.32. The zero-order valence-corrected chi connectivity index (χ0v) is 10.9. The normalized spacial score (nSPS) is 28.4. The highest BCUT2D eigenvalue weighted by Gasteiger charge is 2.25. The zero-order chi connectivity index (χ0) is 11.5. The molecule has 1 aliphatic carbocycles. The van der Waals surface area contributed by atoms with Gasteiger partial charge in [0.25, 0.3) is 0 Å². The van der Waals surface area contributed by atoms with Crippen LogP contribution in [-0.4, -0.2) is 30.1 Å². The molecule has 90 valence electrons. The fourth-order valence-electron chi connectivity index (χ4n) is 2.28. The minimum atomic E-state index is 0.347. The van der Waals surface area contributed by atoms with E-state index in [2.05, 4.69) is 32.7 Å². The minimum absolute atomic E-state index is 0.347. The fourth-order valence-corrected chi connectivity index (χ4v) is 2.28. The van der Waals surface area contributed by atoms with E-state index in [9.17, 15) is 0 Å². The van der Waals surface area contributed by atoms with Crippen LogP contribution in [0.15, 0.2) is 0 Å². The van der Waals surface area contributed by atoms with Crippen molar-refractivity contribution in [3.63, 3.8) is 0 Å². The second-order valence-electron chi connectivity index (χ2n) is 5.83. The highest BCUT2D eigenvalue weighted by molar-refractivity contribution is 4.82. The van der Waals surface area contributed by atoms with Crippen molar-refractivity contribution in [2.75, 3.05) is 13.6 Å².